The largest absolute Gasteiger partial charge is 0.497 e. The van der Waals surface area contributed by atoms with Gasteiger partial charge in [-0.25, -0.2) is 0 Å². The number of rotatable bonds is 6. The van der Waals surface area contributed by atoms with E-state index >= 15 is 0 Å². The predicted octanol–water partition coefficient (Wildman–Crippen LogP) is 2.50. The molecular formula is C19H28N2O4. The van der Waals surface area contributed by atoms with E-state index in [1.54, 1.807) is 19.1 Å². The average Bonchev–Trinajstić information content (AvgIpc) is 2.58. The highest BCUT2D eigenvalue weighted by atomic mass is 16.5. The Morgan fingerprint density at radius 2 is 2.00 bits per heavy atom. The van der Waals surface area contributed by atoms with Crippen LogP contribution >= 0.6 is 0 Å². The number of ether oxygens (including phenoxy) is 2. The number of amides is 2. The Bertz CT molecular complexity index is 632. The number of hydrogen-bond acceptors (Lipinski definition) is 4. The van der Waals surface area contributed by atoms with Crippen LogP contribution in [0, 0.1) is 11.8 Å². The SMILES string of the molecule is COc1ccc(C(N)=O)c(O[C@H](C)C(=O)N[C@@H]2CCC[C@H](C)[C@H]2C)c1. The molecule has 1 aliphatic carbocycles. The number of methoxy groups -OCH3 is 1. The Morgan fingerprint density at radius 3 is 2.64 bits per heavy atom. The van der Waals surface area contributed by atoms with E-state index < -0.39 is 12.0 Å². The quantitative estimate of drug-likeness (QED) is 0.826. The maximum atomic E-state index is 12.5. The van der Waals surface area contributed by atoms with Gasteiger partial charge in [0.1, 0.15) is 11.5 Å². The van der Waals surface area contributed by atoms with Crippen molar-refractivity contribution >= 4 is 11.8 Å². The summed E-state index contributed by atoms with van der Waals surface area (Å²) in [7, 11) is 1.52. The lowest BCUT2D eigenvalue weighted by Crippen LogP contribution is -2.48. The first-order valence-corrected chi connectivity index (χ1v) is 8.78. The van der Waals surface area contributed by atoms with Gasteiger partial charge in [0.2, 0.25) is 0 Å². The second kappa shape index (κ2) is 8.23. The van der Waals surface area contributed by atoms with Gasteiger partial charge in [0.15, 0.2) is 6.10 Å². The molecular weight excluding hydrogens is 320 g/mol. The summed E-state index contributed by atoms with van der Waals surface area (Å²) >= 11 is 0. The Morgan fingerprint density at radius 1 is 1.28 bits per heavy atom. The van der Waals surface area contributed by atoms with Gasteiger partial charge in [0.25, 0.3) is 11.8 Å². The van der Waals surface area contributed by atoms with Gasteiger partial charge in [-0.1, -0.05) is 26.7 Å². The first kappa shape index (κ1) is 19.1. The Balaban J connectivity index is 2.07. The number of benzene rings is 1. The molecule has 6 nitrogen and oxygen atoms in total. The van der Waals surface area contributed by atoms with Gasteiger partial charge in [-0.2, -0.15) is 0 Å². The molecule has 0 bridgehead atoms. The van der Waals surface area contributed by atoms with Crippen LogP contribution in [0.5, 0.6) is 11.5 Å². The maximum absolute atomic E-state index is 12.5. The molecule has 25 heavy (non-hydrogen) atoms. The highest BCUT2D eigenvalue weighted by Gasteiger charge is 2.30. The first-order valence-electron chi connectivity index (χ1n) is 8.78. The number of primary amides is 1. The average molecular weight is 348 g/mol. The van der Waals surface area contributed by atoms with Gasteiger partial charge >= 0.3 is 0 Å². The van der Waals surface area contributed by atoms with Gasteiger partial charge in [0, 0.05) is 12.1 Å². The van der Waals surface area contributed by atoms with Crippen LogP contribution in [0.3, 0.4) is 0 Å². The zero-order valence-electron chi connectivity index (χ0n) is 15.4. The summed E-state index contributed by atoms with van der Waals surface area (Å²) < 4.78 is 10.9. The maximum Gasteiger partial charge on any atom is 0.261 e. The molecule has 0 unspecified atom stereocenters. The van der Waals surface area contributed by atoms with Crippen LogP contribution in [0.15, 0.2) is 18.2 Å². The van der Waals surface area contributed by atoms with E-state index in [9.17, 15) is 9.59 Å². The summed E-state index contributed by atoms with van der Waals surface area (Å²) in [6.07, 6.45) is 2.56. The summed E-state index contributed by atoms with van der Waals surface area (Å²) in [5.41, 5.74) is 5.60. The number of nitrogens with one attached hydrogen (secondary N) is 1. The van der Waals surface area contributed by atoms with E-state index in [-0.39, 0.29) is 23.3 Å². The van der Waals surface area contributed by atoms with E-state index in [4.69, 9.17) is 15.2 Å². The lowest BCUT2D eigenvalue weighted by atomic mass is 9.78. The molecule has 1 fully saturated rings. The second-order valence-electron chi connectivity index (χ2n) is 6.87. The van der Waals surface area contributed by atoms with Crippen molar-refractivity contribution in [3.05, 3.63) is 23.8 Å². The van der Waals surface area contributed by atoms with Crippen LogP contribution in [-0.4, -0.2) is 31.1 Å². The van der Waals surface area contributed by atoms with E-state index in [1.165, 1.54) is 19.6 Å². The molecule has 4 atom stereocenters. The van der Waals surface area contributed by atoms with E-state index in [2.05, 4.69) is 19.2 Å². The minimum Gasteiger partial charge on any atom is -0.497 e. The smallest absolute Gasteiger partial charge is 0.261 e. The van der Waals surface area contributed by atoms with Crippen molar-refractivity contribution < 1.29 is 19.1 Å². The van der Waals surface area contributed by atoms with Crippen molar-refractivity contribution in [1.29, 1.82) is 0 Å². The number of nitrogens with two attached hydrogens (primary N) is 1. The molecule has 0 saturated heterocycles. The van der Waals surface area contributed by atoms with Gasteiger partial charge in [-0.15, -0.1) is 0 Å². The lowest BCUT2D eigenvalue weighted by molar-refractivity contribution is -0.128. The molecule has 0 aliphatic heterocycles. The molecule has 0 spiro atoms. The second-order valence-corrected chi connectivity index (χ2v) is 6.87. The van der Waals surface area contributed by atoms with E-state index in [1.807, 2.05) is 0 Å². The molecule has 1 aromatic carbocycles. The fourth-order valence-electron chi connectivity index (χ4n) is 3.26. The predicted molar refractivity (Wildman–Crippen MR) is 95.7 cm³/mol. The van der Waals surface area contributed by atoms with Crippen molar-refractivity contribution in [1.82, 2.24) is 5.32 Å². The topological polar surface area (TPSA) is 90.7 Å². The van der Waals surface area contributed by atoms with E-state index in [0.717, 1.165) is 12.8 Å². The van der Waals surface area contributed by atoms with Gasteiger partial charge in [0.05, 0.1) is 12.7 Å². The molecule has 1 aromatic rings. The standard InChI is InChI=1S/C19H28N2O4/c1-11-6-5-7-16(12(11)2)21-19(23)13(3)25-17-10-14(24-4)8-9-15(17)18(20)22/h8-13,16H,5-7H2,1-4H3,(H2,20,22)(H,21,23)/t11-,12+,13+,16+/m0/s1. The molecule has 0 aromatic heterocycles. The molecule has 1 aliphatic rings. The fraction of sp³-hybridized carbons (Fsp3) is 0.579. The van der Waals surface area contributed by atoms with Crippen molar-refractivity contribution in [2.45, 2.75) is 52.2 Å². The number of hydrogen-bond donors (Lipinski definition) is 2. The Kier molecular flexibility index (Phi) is 6.28. The summed E-state index contributed by atoms with van der Waals surface area (Å²) in [4.78, 5) is 24.1. The van der Waals surface area contributed by atoms with Gasteiger partial charge < -0.3 is 20.5 Å². The molecule has 0 heterocycles. The molecule has 3 N–H and O–H groups in total. The van der Waals surface area contributed by atoms with Crippen LogP contribution in [-0.2, 0) is 4.79 Å². The van der Waals surface area contributed by atoms with Crippen LogP contribution in [0.25, 0.3) is 0 Å². The molecule has 0 radical (unpaired) electrons. The van der Waals surface area contributed by atoms with Crippen LogP contribution in [0.1, 0.15) is 50.4 Å². The summed E-state index contributed by atoms with van der Waals surface area (Å²) in [5, 5.41) is 3.08. The van der Waals surface area contributed by atoms with Crippen LogP contribution in [0.4, 0.5) is 0 Å². The van der Waals surface area contributed by atoms with Crippen LogP contribution < -0.4 is 20.5 Å². The van der Waals surface area contributed by atoms with Crippen molar-refractivity contribution in [2.24, 2.45) is 17.6 Å². The Labute approximate surface area is 149 Å². The molecule has 1 saturated carbocycles. The van der Waals surface area contributed by atoms with Gasteiger partial charge in [-0.05, 0) is 37.3 Å². The van der Waals surface area contributed by atoms with Crippen molar-refractivity contribution in [3.63, 3.8) is 0 Å². The molecule has 6 heteroatoms. The summed E-state index contributed by atoms with van der Waals surface area (Å²) in [5.74, 6) is 1.00. The molecule has 2 rings (SSSR count). The van der Waals surface area contributed by atoms with Crippen molar-refractivity contribution in [2.75, 3.05) is 7.11 Å². The first-order chi connectivity index (χ1) is 11.8. The monoisotopic (exact) mass is 348 g/mol. The minimum absolute atomic E-state index is 0.156. The summed E-state index contributed by atoms with van der Waals surface area (Å²) in [6, 6.07) is 4.88. The zero-order valence-corrected chi connectivity index (χ0v) is 15.4. The van der Waals surface area contributed by atoms with Gasteiger partial charge in [-0.3, -0.25) is 9.59 Å². The number of carbonyl (C=O) groups excluding carboxylic acids is 2. The Hall–Kier alpha value is -2.24. The van der Waals surface area contributed by atoms with E-state index in [0.29, 0.717) is 17.6 Å². The fourth-order valence-corrected chi connectivity index (χ4v) is 3.26. The van der Waals surface area contributed by atoms with Crippen molar-refractivity contribution in [3.8, 4) is 11.5 Å². The number of carbonyl (C=O) groups is 2. The lowest BCUT2D eigenvalue weighted by Gasteiger charge is -2.35. The third-order valence-corrected chi connectivity index (χ3v) is 5.16. The summed E-state index contributed by atoms with van der Waals surface area (Å²) in [6.45, 7) is 6.06. The molecule has 2 amide bonds. The third-order valence-electron chi connectivity index (χ3n) is 5.16. The highest BCUT2D eigenvalue weighted by Crippen LogP contribution is 2.30. The molecule has 138 valence electrons. The highest BCUT2D eigenvalue weighted by molar-refractivity contribution is 5.96. The van der Waals surface area contributed by atoms with Crippen LogP contribution in [0.2, 0.25) is 0 Å². The third kappa shape index (κ3) is 4.65. The zero-order chi connectivity index (χ0) is 18.6. The minimum atomic E-state index is -0.741. The normalized spacial score (nSPS) is 24.2.